The van der Waals surface area contributed by atoms with Crippen LogP contribution in [0, 0.1) is 5.41 Å². The first-order valence-electron chi connectivity index (χ1n) is 5.83. The van der Waals surface area contributed by atoms with Gasteiger partial charge in [-0.3, -0.25) is 0 Å². The van der Waals surface area contributed by atoms with Crippen LogP contribution < -0.4 is 15.2 Å². The number of hydrogen-bond acceptors (Lipinski definition) is 4. The van der Waals surface area contributed by atoms with Crippen molar-refractivity contribution in [1.29, 1.82) is 0 Å². The molecule has 6 heteroatoms. The highest BCUT2D eigenvalue weighted by atomic mass is 79.9. The molecule has 2 rings (SSSR count). The Morgan fingerprint density at radius 2 is 1.79 bits per heavy atom. The molecule has 0 bridgehead atoms. The number of benzene rings is 1. The van der Waals surface area contributed by atoms with Crippen LogP contribution in [-0.2, 0) is 0 Å². The van der Waals surface area contributed by atoms with Gasteiger partial charge < -0.3 is 20.3 Å². The molecule has 1 aliphatic heterocycles. The average molecular weight is 353 g/mol. The fourth-order valence-corrected chi connectivity index (χ4v) is 2.48. The molecule has 1 aromatic rings. The van der Waals surface area contributed by atoms with E-state index < -0.39 is 12.1 Å². The predicted molar refractivity (Wildman–Crippen MR) is 79.9 cm³/mol. The van der Waals surface area contributed by atoms with Crippen LogP contribution >= 0.6 is 28.3 Å². The molecular weight excluding hydrogens is 334 g/mol. The minimum absolute atomic E-state index is 0. The van der Waals surface area contributed by atoms with Crippen molar-refractivity contribution in [1.82, 2.24) is 0 Å². The molecule has 0 fully saturated rings. The minimum Gasteiger partial charge on any atom is -0.454 e. The second kappa shape index (κ2) is 5.87. The van der Waals surface area contributed by atoms with Crippen LogP contribution in [0.2, 0.25) is 0 Å². The lowest BCUT2D eigenvalue weighted by atomic mass is 9.82. The molecule has 0 radical (unpaired) electrons. The summed E-state index contributed by atoms with van der Waals surface area (Å²) in [6.45, 7) is 6.09. The number of hydrogen-bond donors (Lipinski definition) is 2. The zero-order valence-corrected chi connectivity index (χ0v) is 13.5. The summed E-state index contributed by atoms with van der Waals surface area (Å²) in [6, 6.07) is 3.17. The second-order valence-corrected chi connectivity index (χ2v) is 6.42. The third-order valence-corrected chi connectivity index (χ3v) is 3.77. The Kier molecular flexibility index (Phi) is 5.12. The fourth-order valence-electron chi connectivity index (χ4n) is 1.90. The topological polar surface area (TPSA) is 64.7 Å². The van der Waals surface area contributed by atoms with Crippen LogP contribution in [0.15, 0.2) is 16.6 Å². The largest absolute Gasteiger partial charge is 0.454 e. The van der Waals surface area contributed by atoms with Crippen LogP contribution in [0.5, 0.6) is 11.5 Å². The average Bonchev–Trinajstić information content (AvgIpc) is 2.71. The summed E-state index contributed by atoms with van der Waals surface area (Å²) in [5, 5.41) is 10.3. The molecule has 108 valence electrons. The number of aliphatic hydroxyl groups is 1. The van der Waals surface area contributed by atoms with E-state index in [9.17, 15) is 5.11 Å². The van der Waals surface area contributed by atoms with Crippen molar-refractivity contribution in [3.8, 4) is 11.5 Å². The summed E-state index contributed by atoms with van der Waals surface area (Å²) in [7, 11) is 0. The van der Waals surface area contributed by atoms with Gasteiger partial charge >= 0.3 is 0 Å². The summed E-state index contributed by atoms with van der Waals surface area (Å²) in [5.41, 5.74) is 6.68. The lowest BCUT2D eigenvalue weighted by Gasteiger charge is -2.31. The summed E-state index contributed by atoms with van der Waals surface area (Å²) >= 11 is 3.46. The molecular formula is C13H19BrClNO3. The van der Waals surface area contributed by atoms with Crippen LogP contribution in [0.1, 0.15) is 32.4 Å². The van der Waals surface area contributed by atoms with E-state index in [0.29, 0.717) is 11.5 Å². The van der Waals surface area contributed by atoms with Gasteiger partial charge in [0.15, 0.2) is 11.5 Å². The van der Waals surface area contributed by atoms with Crippen LogP contribution in [0.4, 0.5) is 0 Å². The molecule has 1 heterocycles. The van der Waals surface area contributed by atoms with Crippen molar-refractivity contribution < 1.29 is 14.6 Å². The third kappa shape index (κ3) is 3.34. The van der Waals surface area contributed by atoms with Crippen molar-refractivity contribution >= 4 is 28.3 Å². The highest BCUT2D eigenvalue weighted by molar-refractivity contribution is 9.10. The molecule has 0 unspecified atom stereocenters. The molecule has 2 atom stereocenters. The van der Waals surface area contributed by atoms with Gasteiger partial charge in [-0.2, -0.15) is 0 Å². The summed E-state index contributed by atoms with van der Waals surface area (Å²) in [6.07, 6.45) is -0.644. The van der Waals surface area contributed by atoms with Crippen molar-refractivity contribution in [3.63, 3.8) is 0 Å². The normalized spacial score (nSPS) is 16.7. The number of ether oxygens (including phenoxy) is 2. The maximum atomic E-state index is 10.3. The van der Waals surface area contributed by atoms with Crippen LogP contribution in [0.3, 0.4) is 0 Å². The SMILES string of the molecule is CC(C)(C)[C@H](O)[C@H](N)c1cc2c(cc1Br)OCO2.Cl. The van der Waals surface area contributed by atoms with Crippen molar-refractivity contribution in [2.24, 2.45) is 11.1 Å². The van der Waals surface area contributed by atoms with E-state index in [1.165, 1.54) is 0 Å². The van der Waals surface area contributed by atoms with E-state index in [1.807, 2.05) is 32.9 Å². The zero-order chi connectivity index (χ0) is 13.5. The van der Waals surface area contributed by atoms with Crippen LogP contribution in [0.25, 0.3) is 0 Å². The van der Waals surface area contributed by atoms with Crippen molar-refractivity contribution in [2.45, 2.75) is 32.9 Å². The highest BCUT2D eigenvalue weighted by Crippen LogP contribution is 2.40. The molecule has 3 N–H and O–H groups in total. The Morgan fingerprint density at radius 3 is 2.32 bits per heavy atom. The van der Waals surface area contributed by atoms with Crippen molar-refractivity contribution in [3.05, 3.63) is 22.2 Å². The van der Waals surface area contributed by atoms with Gasteiger partial charge in [0, 0.05) is 4.47 Å². The Balaban J connectivity index is 0.00000180. The summed E-state index contributed by atoms with van der Waals surface area (Å²) in [5.74, 6) is 1.37. The Morgan fingerprint density at radius 1 is 1.26 bits per heavy atom. The van der Waals surface area contributed by atoms with E-state index in [4.69, 9.17) is 15.2 Å². The first-order valence-corrected chi connectivity index (χ1v) is 6.62. The Bertz CT molecular complexity index is 462. The van der Waals surface area contributed by atoms with E-state index in [2.05, 4.69) is 15.9 Å². The molecule has 1 aromatic carbocycles. The molecule has 1 aliphatic rings. The highest BCUT2D eigenvalue weighted by Gasteiger charge is 2.31. The lowest BCUT2D eigenvalue weighted by Crippen LogP contribution is -2.37. The maximum absolute atomic E-state index is 10.3. The Labute approximate surface area is 127 Å². The quantitative estimate of drug-likeness (QED) is 0.859. The summed E-state index contributed by atoms with van der Waals surface area (Å²) < 4.78 is 11.4. The number of aliphatic hydroxyl groups excluding tert-OH is 1. The van der Waals surface area contributed by atoms with Crippen LogP contribution in [-0.4, -0.2) is 18.0 Å². The van der Waals surface area contributed by atoms with Gasteiger partial charge in [0.1, 0.15) is 0 Å². The van der Waals surface area contributed by atoms with Gasteiger partial charge in [0.05, 0.1) is 12.1 Å². The Hall–Kier alpha value is -0.490. The number of nitrogens with two attached hydrogens (primary N) is 1. The van der Waals surface area contributed by atoms with Gasteiger partial charge in [-0.15, -0.1) is 12.4 Å². The summed E-state index contributed by atoms with van der Waals surface area (Å²) in [4.78, 5) is 0. The molecule has 0 saturated heterocycles. The van der Waals surface area contributed by atoms with E-state index in [1.54, 1.807) is 0 Å². The third-order valence-electron chi connectivity index (χ3n) is 3.08. The lowest BCUT2D eigenvalue weighted by molar-refractivity contribution is 0.0399. The standard InChI is InChI=1S/C13H18BrNO3.ClH/c1-13(2,3)12(16)11(15)7-4-9-10(5-8(7)14)18-6-17-9;/h4-5,11-12,16H,6,15H2,1-3H3;1H/t11-,12-;/m1./s1. The molecule has 0 amide bonds. The van der Waals surface area contributed by atoms with Gasteiger partial charge in [-0.1, -0.05) is 36.7 Å². The van der Waals surface area contributed by atoms with Gasteiger partial charge in [-0.25, -0.2) is 0 Å². The minimum atomic E-state index is -0.644. The molecule has 0 aliphatic carbocycles. The van der Waals surface area contributed by atoms with E-state index >= 15 is 0 Å². The zero-order valence-electron chi connectivity index (χ0n) is 11.1. The van der Waals surface area contributed by atoms with Gasteiger partial charge in [0.2, 0.25) is 6.79 Å². The van der Waals surface area contributed by atoms with E-state index in [0.717, 1.165) is 10.0 Å². The number of halogens is 2. The predicted octanol–water partition coefficient (Wildman–Crippen LogP) is 3.01. The second-order valence-electron chi connectivity index (χ2n) is 5.56. The fraction of sp³-hybridized carbons (Fsp3) is 0.538. The van der Waals surface area contributed by atoms with E-state index in [-0.39, 0.29) is 24.6 Å². The molecule has 0 aromatic heterocycles. The monoisotopic (exact) mass is 351 g/mol. The molecule has 4 nitrogen and oxygen atoms in total. The molecule has 0 saturated carbocycles. The van der Waals surface area contributed by atoms with Gasteiger partial charge in [-0.05, 0) is 23.1 Å². The molecule has 0 spiro atoms. The first kappa shape index (κ1) is 16.6. The first-order chi connectivity index (χ1) is 8.30. The van der Waals surface area contributed by atoms with Gasteiger partial charge in [0.25, 0.3) is 0 Å². The maximum Gasteiger partial charge on any atom is 0.231 e. The smallest absolute Gasteiger partial charge is 0.231 e. The number of fused-ring (bicyclic) bond motifs is 1. The molecule has 19 heavy (non-hydrogen) atoms. The number of rotatable bonds is 2. The van der Waals surface area contributed by atoms with Crippen molar-refractivity contribution in [2.75, 3.05) is 6.79 Å².